The molecule has 15 heteroatoms. The molecular formula is C18H16F5N5O4S. The second-order valence-corrected chi connectivity index (χ2v) is 8.63. The van der Waals surface area contributed by atoms with Gasteiger partial charge in [-0.1, -0.05) is 0 Å². The van der Waals surface area contributed by atoms with Gasteiger partial charge in [0.15, 0.2) is 5.03 Å². The van der Waals surface area contributed by atoms with E-state index in [2.05, 4.69) is 15.3 Å². The van der Waals surface area contributed by atoms with Crippen molar-refractivity contribution in [3.8, 4) is 0 Å². The number of hydrogen-bond donors (Lipinski definition) is 2. The Hall–Kier alpha value is -3.20. The van der Waals surface area contributed by atoms with Crippen LogP contribution in [0.25, 0.3) is 0 Å². The third-order valence-electron chi connectivity index (χ3n) is 4.69. The summed E-state index contributed by atoms with van der Waals surface area (Å²) < 4.78 is 90.0. The van der Waals surface area contributed by atoms with E-state index < -0.39 is 81.7 Å². The highest BCUT2D eigenvalue weighted by atomic mass is 32.2. The van der Waals surface area contributed by atoms with Crippen molar-refractivity contribution in [2.45, 2.75) is 36.4 Å². The van der Waals surface area contributed by atoms with Crippen molar-refractivity contribution in [2.24, 2.45) is 5.14 Å². The third-order valence-corrected chi connectivity index (χ3v) is 5.49. The third kappa shape index (κ3) is 5.78. The van der Waals surface area contributed by atoms with Gasteiger partial charge in [-0.25, -0.2) is 32.3 Å². The molecule has 0 radical (unpaired) electrons. The Kier molecular flexibility index (Phi) is 6.39. The number of nitrogens with two attached hydrogens (primary N) is 1. The zero-order valence-electron chi connectivity index (χ0n) is 16.6. The van der Waals surface area contributed by atoms with Crippen LogP contribution in [0.15, 0.2) is 35.6 Å². The molecule has 0 saturated carbocycles. The molecule has 3 N–H and O–H groups in total. The maximum Gasteiger partial charge on any atom is 0.417 e. The molecule has 1 aliphatic heterocycles. The van der Waals surface area contributed by atoms with E-state index in [1.165, 1.54) is 0 Å². The normalized spacial score (nSPS) is 16.9. The largest absolute Gasteiger partial charge is 0.417 e. The van der Waals surface area contributed by atoms with E-state index in [4.69, 9.17) is 5.14 Å². The average molecular weight is 493 g/mol. The number of carbonyl (C=O) groups is 2. The number of carbonyl (C=O) groups excluding carboxylic acids is 2. The first-order chi connectivity index (χ1) is 15.2. The molecule has 0 aliphatic carbocycles. The molecule has 2 aromatic rings. The summed E-state index contributed by atoms with van der Waals surface area (Å²) in [6.07, 6.45) is -5.65. The molecule has 0 atom stereocenters. The van der Waals surface area contributed by atoms with Crippen molar-refractivity contribution < 1.29 is 40.0 Å². The van der Waals surface area contributed by atoms with E-state index in [-0.39, 0.29) is 5.69 Å². The van der Waals surface area contributed by atoms with Crippen LogP contribution in [0.2, 0.25) is 0 Å². The van der Waals surface area contributed by atoms with Gasteiger partial charge in [0.1, 0.15) is 5.82 Å². The Balaban J connectivity index is 2.03. The van der Waals surface area contributed by atoms with E-state index in [0.717, 1.165) is 23.2 Å². The fourth-order valence-corrected chi connectivity index (χ4v) is 3.51. The van der Waals surface area contributed by atoms with E-state index in [0.29, 0.717) is 12.3 Å². The minimum absolute atomic E-state index is 0.184. The molecule has 1 saturated heterocycles. The number of primary sulfonamides is 1. The molecule has 0 unspecified atom stereocenters. The molecule has 33 heavy (non-hydrogen) atoms. The summed E-state index contributed by atoms with van der Waals surface area (Å²) in [6, 6.07) is 2.44. The van der Waals surface area contributed by atoms with Crippen LogP contribution in [-0.4, -0.2) is 42.7 Å². The number of amides is 2. The van der Waals surface area contributed by atoms with Gasteiger partial charge in [-0.15, -0.1) is 0 Å². The number of halogens is 5. The Bertz CT molecular complexity index is 1200. The van der Waals surface area contributed by atoms with Gasteiger partial charge >= 0.3 is 6.18 Å². The quantitative estimate of drug-likeness (QED) is 0.629. The molecule has 0 spiro atoms. The predicted octanol–water partition coefficient (Wildman–Crippen LogP) is 2.55. The lowest BCUT2D eigenvalue weighted by Gasteiger charge is -2.23. The van der Waals surface area contributed by atoms with Crippen LogP contribution in [0, 0.1) is 0 Å². The zero-order chi connectivity index (χ0) is 24.6. The van der Waals surface area contributed by atoms with Gasteiger partial charge in [-0.3, -0.25) is 14.5 Å². The average Bonchev–Trinajstić information content (AvgIpc) is 2.84. The highest BCUT2D eigenvalue weighted by Crippen LogP contribution is 2.34. The highest BCUT2D eigenvalue weighted by molar-refractivity contribution is 7.89. The zero-order valence-corrected chi connectivity index (χ0v) is 17.4. The minimum Gasteiger partial charge on any atom is -0.322 e. The van der Waals surface area contributed by atoms with Crippen LogP contribution in [0.3, 0.4) is 0 Å². The topological polar surface area (TPSA) is 135 Å². The van der Waals surface area contributed by atoms with Gasteiger partial charge in [-0.05, 0) is 12.1 Å². The molecule has 2 amide bonds. The highest BCUT2D eigenvalue weighted by Gasteiger charge is 2.38. The molecule has 0 bridgehead atoms. The summed E-state index contributed by atoms with van der Waals surface area (Å²) in [5.74, 6) is -5.74. The van der Waals surface area contributed by atoms with Crippen molar-refractivity contribution in [3.05, 3.63) is 41.7 Å². The SMILES string of the molecule is NS(=O)(=O)c1cc(NC(=O)c2cc(C(F)(F)F)cnc2N2CCC(F)(F)CCC2=O)ccn1. The second kappa shape index (κ2) is 8.62. The summed E-state index contributed by atoms with van der Waals surface area (Å²) in [5, 5.41) is 6.53. The number of pyridine rings is 2. The lowest BCUT2D eigenvalue weighted by molar-refractivity contribution is -0.137. The number of rotatable bonds is 4. The molecular weight excluding hydrogens is 477 g/mol. The molecule has 9 nitrogen and oxygen atoms in total. The molecule has 3 rings (SSSR count). The second-order valence-electron chi connectivity index (χ2n) is 7.13. The summed E-state index contributed by atoms with van der Waals surface area (Å²) >= 11 is 0. The lowest BCUT2D eigenvalue weighted by atomic mass is 10.1. The van der Waals surface area contributed by atoms with Crippen molar-refractivity contribution in [1.29, 1.82) is 0 Å². The molecule has 178 valence electrons. The monoisotopic (exact) mass is 493 g/mol. The van der Waals surface area contributed by atoms with E-state index in [9.17, 15) is 40.0 Å². The first kappa shape index (κ1) is 24.4. The minimum atomic E-state index is -4.89. The number of nitrogens with one attached hydrogen (secondary N) is 1. The van der Waals surface area contributed by atoms with Gasteiger partial charge in [-0.2, -0.15) is 13.2 Å². The molecule has 0 aromatic carbocycles. The fraction of sp³-hybridized carbons (Fsp3) is 0.333. The summed E-state index contributed by atoms with van der Waals surface area (Å²) in [5.41, 5.74) is -2.22. The first-order valence-electron chi connectivity index (χ1n) is 9.23. The van der Waals surface area contributed by atoms with E-state index >= 15 is 0 Å². The molecule has 1 fully saturated rings. The fourth-order valence-electron chi connectivity index (χ4n) is 3.01. The van der Waals surface area contributed by atoms with Crippen LogP contribution in [-0.2, 0) is 21.0 Å². The first-order valence-corrected chi connectivity index (χ1v) is 10.8. The van der Waals surface area contributed by atoms with Gasteiger partial charge in [0.2, 0.25) is 11.8 Å². The van der Waals surface area contributed by atoms with E-state index in [1.54, 1.807) is 0 Å². The lowest BCUT2D eigenvalue weighted by Crippen LogP contribution is -2.33. The number of hydrogen-bond acceptors (Lipinski definition) is 6. The van der Waals surface area contributed by atoms with Gasteiger partial charge in [0, 0.05) is 50.0 Å². The Morgan fingerprint density at radius 2 is 1.88 bits per heavy atom. The number of sulfonamides is 1. The van der Waals surface area contributed by atoms with Crippen LogP contribution in [0.5, 0.6) is 0 Å². The van der Waals surface area contributed by atoms with Crippen molar-refractivity contribution in [1.82, 2.24) is 9.97 Å². The molecule has 2 aromatic heterocycles. The molecule has 3 heterocycles. The summed E-state index contributed by atoms with van der Waals surface area (Å²) in [6.45, 7) is -0.574. The predicted molar refractivity (Wildman–Crippen MR) is 104 cm³/mol. The maximum atomic E-state index is 13.7. The van der Waals surface area contributed by atoms with Crippen LogP contribution in [0.1, 0.15) is 35.2 Å². The van der Waals surface area contributed by atoms with Crippen LogP contribution in [0.4, 0.5) is 33.5 Å². The standard InChI is InChI=1S/C18H16F5N5O4S/c19-17(20)3-1-14(29)28(6-4-17)15-12(7-10(9-26-15)18(21,22)23)16(30)27-11-2-5-25-13(8-11)33(24,31)32/h2,5,7-9H,1,3-4,6H2,(H2,24,31,32)(H,25,27,30). The smallest absolute Gasteiger partial charge is 0.322 e. The van der Waals surface area contributed by atoms with Gasteiger partial charge in [0.25, 0.3) is 15.9 Å². The van der Waals surface area contributed by atoms with Crippen molar-refractivity contribution in [3.63, 3.8) is 0 Å². The number of anilines is 2. The van der Waals surface area contributed by atoms with Crippen LogP contribution < -0.4 is 15.4 Å². The Morgan fingerprint density at radius 1 is 1.18 bits per heavy atom. The number of alkyl halides is 5. The maximum absolute atomic E-state index is 13.7. The van der Waals surface area contributed by atoms with Gasteiger partial charge < -0.3 is 5.32 Å². The van der Waals surface area contributed by atoms with Crippen molar-refractivity contribution >= 4 is 33.3 Å². The number of nitrogens with zero attached hydrogens (tertiary/aromatic N) is 3. The van der Waals surface area contributed by atoms with E-state index in [1.807, 2.05) is 0 Å². The van der Waals surface area contributed by atoms with Crippen LogP contribution >= 0.6 is 0 Å². The van der Waals surface area contributed by atoms with Gasteiger partial charge in [0.05, 0.1) is 11.1 Å². The Labute approximate surface area is 183 Å². The molecule has 1 aliphatic rings. The number of aromatic nitrogens is 2. The summed E-state index contributed by atoms with van der Waals surface area (Å²) in [7, 11) is -4.25. The Morgan fingerprint density at radius 3 is 2.52 bits per heavy atom. The van der Waals surface area contributed by atoms with Crippen molar-refractivity contribution in [2.75, 3.05) is 16.8 Å². The summed E-state index contributed by atoms with van der Waals surface area (Å²) in [4.78, 5) is 33.0.